The highest BCUT2D eigenvalue weighted by Gasteiger charge is 2.60. The third-order valence-electron chi connectivity index (χ3n) is 15.3. The number of hydrogen-bond donors (Lipinski definition) is 0. The molecule has 0 aliphatic carbocycles. The van der Waals surface area contributed by atoms with Gasteiger partial charge in [0.2, 0.25) is 13.4 Å². The summed E-state index contributed by atoms with van der Waals surface area (Å²) in [5.41, 5.74) is 30.7. The lowest BCUT2D eigenvalue weighted by Crippen LogP contribution is -2.75. The minimum absolute atomic E-state index is 0.123. The molecule has 0 atom stereocenters. The van der Waals surface area contributed by atoms with Crippen molar-refractivity contribution >= 4 is 63.3 Å². The van der Waals surface area contributed by atoms with Crippen LogP contribution in [0.3, 0.4) is 0 Å². The number of fused-ring (bicyclic) bond motifs is 2. The number of aryl methyl sites for hydroxylation is 2. The fourth-order valence-corrected chi connectivity index (χ4v) is 13.5. The Hall–Kier alpha value is -4.75. The molecule has 1 nitrogen and oxygen atoms in total. The smallest absolute Gasteiger partial charge is 0.248 e. The van der Waals surface area contributed by atoms with Crippen molar-refractivity contribution in [3.63, 3.8) is 0 Å². The maximum absolute atomic E-state index is 2.80. The van der Waals surface area contributed by atoms with Gasteiger partial charge in [-0.15, -0.1) is 0 Å². The van der Waals surface area contributed by atoms with E-state index < -0.39 is 0 Å². The van der Waals surface area contributed by atoms with Crippen molar-refractivity contribution in [3.8, 4) is 11.1 Å². The van der Waals surface area contributed by atoms with E-state index in [0.717, 1.165) is 0 Å². The van der Waals surface area contributed by atoms with Crippen molar-refractivity contribution in [2.75, 3.05) is 4.90 Å². The lowest BCUT2D eigenvalue weighted by molar-refractivity contribution is 0.608. The fourth-order valence-electron chi connectivity index (χ4n) is 13.5. The zero-order valence-corrected chi connectivity index (χ0v) is 32.8. The first-order valence-corrected chi connectivity index (χ1v) is 19.9. The van der Waals surface area contributed by atoms with Crippen LogP contribution in [-0.2, 0) is 21.7 Å². The van der Waals surface area contributed by atoms with Crippen LogP contribution in [0.5, 0.6) is 0 Å². The van der Waals surface area contributed by atoms with E-state index in [1.54, 1.807) is 21.9 Å². The second-order valence-corrected chi connectivity index (χ2v) is 19.3. The normalized spacial score (nSPS) is 19.2. The Labute approximate surface area is 315 Å². The van der Waals surface area contributed by atoms with Crippen LogP contribution < -0.4 is 37.7 Å². The van der Waals surface area contributed by atoms with E-state index in [4.69, 9.17) is 0 Å². The van der Waals surface area contributed by atoms with Gasteiger partial charge in [0.15, 0.2) is 0 Å². The molecule has 6 aromatic carbocycles. The molecule has 6 aliphatic heterocycles. The molecule has 0 radical (unpaired) electrons. The van der Waals surface area contributed by atoms with E-state index in [1.165, 1.54) is 94.7 Å². The van der Waals surface area contributed by atoms with Gasteiger partial charge in [0.25, 0.3) is 0 Å². The van der Waals surface area contributed by atoms with Crippen LogP contribution in [0.4, 0.5) is 17.1 Å². The van der Waals surface area contributed by atoms with Crippen LogP contribution in [0, 0.1) is 13.8 Å². The second kappa shape index (κ2) is 8.95. The topological polar surface area (TPSA) is 3.24 Å². The van der Waals surface area contributed by atoms with Crippen molar-refractivity contribution < 1.29 is 0 Å². The molecule has 256 valence electrons. The molecule has 0 unspecified atom stereocenters. The Morgan fingerprint density at radius 3 is 1.21 bits per heavy atom. The molecule has 0 amide bonds. The largest absolute Gasteiger partial charge is 0.312 e. The molecular formula is C50H45B2N. The van der Waals surface area contributed by atoms with Crippen molar-refractivity contribution in [2.45, 2.75) is 90.9 Å². The van der Waals surface area contributed by atoms with E-state index in [1.807, 2.05) is 0 Å². The molecule has 0 spiro atoms. The highest BCUT2D eigenvalue weighted by atomic mass is 15.2. The maximum Gasteiger partial charge on any atom is 0.248 e. The summed E-state index contributed by atoms with van der Waals surface area (Å²) >= 11 is 0. The van der Waals surface area contributed by atoms with E-state index in [-0.39, 0.29) is 35.1 Å². The van der Waals surface area contributed by atoms with Crippen LogP contribution >= 0.6 is 0 Å². The Bertz CT molecular complexity index is 2600. The number of rotatable bonds is 1. The lowest BCUT2D eigenvalue weighted by atomic mass is 9.21. The number of hydrogen-bond acceptors (Lipinski definition) is 1. The third-order valence-corrected chi connectivity index (χ3v) is 15.3. The third kappa shape index (κ3) is 3.08. The number of anilines is 3. The molecule has 0 aromatic heterocycles. The molecule has 6 heterocycles. The van der Waals surface area contributed by atoms with E-state index in [9.17, 15) is 0 Å². The summed E-state index contributed by atoms with van der Waals surface area (Å²) in [7, 11) is 0. The van der Waals surface area contributed by atoms with Crippen molar-refractivity contribution in [1.29, 1.82) is 0 Å². The SMILES string of the molecule is Cc1ccc2c3c1C(C)(C)c1cccc4c1B3c1c3c5c(c(-c6ccccc6)c1C4(C)C)C(C)(C)c1cccc4c1B5c1c(ccc(C)c1C4(C)C)N23. The van der Waals surface area contributed by atoms with Gasteiger partial charge in [-0.1, -0.05) is 145 Å². The van der Waals surface area contributed by atoms with Crippen LogP contribution in [0.15, 0.2) is 91.0 Å². The highest BCUT2D eigenvalue weighted by Crippen LogP contribution is 2.56. The first-order valence-electron chi connectivity index (χ1n) is 19.9. The average molecular weight is 682 g/mol. The number of nitrogens with zero attached hydrogens (tertiary/aromatic N) is 1. The van der Waals surface area contributed by atoms with Crippen LogP contribution in [-0.4, -0.2) is 13.4 Å². The van der Waals surface area contributed by atoms with Gasteiger partial charge in [-0.05, 0) is 115 Å². The zero-order valence-electron chi connectivity index (χ0n) is 32.8. The predicted molar refractivity (Wildman–Crippen MR) is 227 cm³/mol. The van der Waals surface area contributed by atoms with Gasteiger partial charge in [0.05, 0.1) is 0 Å². The Kier molecular flexibility index (Phi) is 5.18. The van der Waals surface area contributed by atoms with Crippen molar-refractivity contribution in [2.24, 2.45) is 0 Å². The van der Waals surface area contributed by atoms with E-state index >= 15 is 0 Å². The molecule has 3 heteroatoms. The van der Waals surface area contributed by atoms with Crippen molar-refractivity contribution in [1.82, 2.24) is 0 Å². The highest BCUT2D eigenvalue weighted by molar-refractivity contribution is 7.04. The maximum atomic E-state index is 2.80. The van der Waals surface area contributed by atoms with Crippen LogP contribution in [0.1, 0.15) is 111 Å². The molecule has 6 aromatic rings. The van der Waals surface area contributed by atoms with Crippen LogP contribution in [0.2, 0.25) is 0 Å². The lowest BCUT2D eigenvalue weighted by Gasteiger charge is -2.58. The molecule has 0 saturated carbocycles. The second-order valence-electron chi connectivity index (χ2n) is 19.3. The first kappa shape index (κ1) is 30.7. The molecule has 53 heavy (non-hydrogen) atoms. The van der Waals surface area contributed by atoms with Gasteiger partial charge in [0, 0.05) is 38.7 Å². The molecule has 12 rings (SSSR count). The summed E-state index contributed by atoms with van der Waals surface area (Å²) in [5, 5.41) is 0. The summed E-state index contributed by atoms with van der Waals surface area (Å²) in [6, 6.07) is 35.9. The van der Waals surface area contributed by atoms with Gasteiger partial charge in [-0.2, -0.15) is 0 Å². The summed E-state index contributed by atoms with van der Waals surface area (Å²) in [4.78, 5) is 2.80. The summed E-state index contributed by atoms with van der Waals surface area (Å²) in [6.07, 6.45) is 0. The fraction of sp³-hybridized carbons (Fsp3) is 0.280. The molecule has 0 bridgehead atoms. The molecule has 6 aliphatic rings. The summed E-state index contributed by atoms with van der Waals surface area (Å²) in [5.74, 6) is 0. The minimum Gasteiger partial charge on any atom is -0.312 e. The molecular weight excluding hydrogens is 636 g/mol. The van der Waals surface area contributed by atoms with Gasteiger partial charge in [0.1, 0.15) is 0 Å². The van der Waals surface area contributed by atoms with Crippen molar-refractivity contribution in [3.05, 3.63) is 147 Å². The van der Waals surface area contributed by atoms with Gasteiger partial charge < -0.3 is 4.90 Å². The molecule has 0 saturated heterocycles. The molecule has 0 fully saturated rings. The first-order chi connectivity index (χ1) is 25.2. The van der Waals surface area contributed by atoms with E-state index in [2.05, 4.69) is 165 Å². The van der Waals surface area contributed by atoms with Crippen LogP contribution in [0.25, 0.3) is 11.1 Å². The van der Waals surface area contributed by atoms with Gasteiger partial charge >= 0.3 is 0 Å². The summed E-state index contributed by atoms with van der Waals surface area (Å²) < 4.78 is 0. The monoisotopic (exact) mass is 681 g/mol. The zero-order chi connectivity index (χ0) is 36.5. The Morgan fingerprint density at radius 1 is 0.396 bits per heavy atom. The summed E-state index contributed by atoms with van der Waals surface area (Å²) in [6.45, 7) is 25.2. The average Bonchev–Trinajstić information content (AvgIpc) is 3.12. The standard InChI is InChI=1S/C50H45B2N/c1-26-22-24-33-42-36(26)47(3,4)29-18-14-20-31-40(29)51(42)44-38(49(31,7)8)35(28-16-12-11-13-17-28)39-45-46(44)53(33)34-25-23-27(2)37-43(34)52(45)41-30(48(37,5)6)19-15-21-32(41)50(39,9)10/h11-25H,1-10H3. The minimum atomic E-state index is -0.222. The van der Waals surface area contributed by atoms with Gasteiger partial charge in [-0.25, -0.2) is 0 Å². The predicted octanol–water partition coefficient (Wildman–Crippen LogP) is 7.66. The quantitative estimate of drug-likeness (QED) is 0.161. The Morgan fingerprint density at radius 2 is 0.792 bits per heavy atom. The Balaban J connectivity index is 1.40. The number of benzene rings is 6. The van der Waals surface area contributed by atoms with E-state index in [0.29, 0.717) is 0 Å². The molecule has 0 N–H and O–H groups in total. The van der Waals surface area contributed by atoms with Gasteiger partial charge in [-0.3, -0.25) is 0 Å².